The third-order valence-corrected chi connectivity index (χ3v) is 5.55. The topological polar surface area (TPSA) is 71.1 Å². The number of aromatic nitrogens is 3. The first kappa shape index (κ1) is 23.1. The van der Waals surface area contributed by atoms with Gasteiger partial charge in [0.15, 0.2) is 0 Å². The molecule has 1 N–H and O–H groups in total. The van der Waals surface area contributed by atoms with Crippen molar-refractivity contribution in [2.75, 3.05) is 4.90 Å². The van der Waals surface area contributed by atoms with Crippen molar-refractivity contribution in [3.05, 3.63) is 87.8 Å². The smallest absolute Gasteiger partial charge is 0.416 e. The van der Waals surface area contributed by atoms with Gasteiger partial charge < -0.3 is 9.72 Å². The largest absolute Gasteiger partial charge is 0.443 e. The van der Waals surface area contributed by atoms with Crippen LogP contribution in [-0.2, 0) is 17.7 Å². The second-order valence-electron chi connectivity index (χ2n) is 8.70. The number of halogens is 2. The number of fused-ring (bicyclic) bond motifs is 1. The number of ether oxygens (including phenoxy) is 1. The Hall–Kier alpha value is -3.09. The number of benzene rings is 1. The maximum atomic E-state index is 13.0. The molecule has 0 aliphatic carbocycles. The number of carbonyl (C=O) groups is 1. The fraction of sp³-hybridized carbons (Fsp3) is 0.240. The summed E-state index contributed by atoms with van der Waals surface area (Å²) in [7, 11) is 0. The van der Waals surface area contributed by atoms with Crippen LogP contribution in [-0.4, -0.2) is 26.6 Å². The van der Waals surface area contributed by atoms with Crippen LogP contribution in [0.25, 0.3) is 11.0 Å². The second kappa shape index (κ2) is 9.41. The number of rotatable bonds is 5. The van der Waals surface area contributed by atoms with Crippen LogP contribution in [0.15, 0.2) is 60.9 Å². The van der Waals surface area contributed by atoms with Crippen LogP contribution in [0.1, 0.15) is 37.5 Å². The molecule has 6 nitrogen and oxygen atoms in total. The summed E-state index contributed by atoms with van der Waals surface area (Å²) in [6.45, 7) is 5.74. The molecule has 0 saturated carbocycles. The van der Waals surface area contributed by atoms with E-state index in [-0.39, 0.29) is 6.54 Å². The maximum absolute atomic E-state index is 13.0. The molecule has 0 spiro atoms. The number of pyridine rings is 2. The third-order valence-electron chi connectivity index (χ3n) is 4.97. The Balaban J connectivity index is 1.62. The number of hydrogen-bond donors (Lipinski definition) is 1. The van der Waals surface area contributed by atoms with Crippen molar-refractivity contribution < 1.29 is 9.53 Å². The van der Waals surface area contributed by atoms with Gasteiger partial charge in [0.05, 0.1) is 6.54 Å². The fourth-order valence-corrected chi connectivity index (χ4v) is 3.77. The molecule has 8 heteroatoms. The van der Waals surface area contributed by atoms with Crippen LogP contribution in [0, 0.1) is 0 Å². The summed E-state index contributed by atoms with van der Waals surface area (Å²) in [5.74, 6) is 0.411. The zero-order valence-corrected chi connectivity index (χ0v) is 20.1. The van der Waals surface area contributed by atoms with Gasteiger partial charge in [-0.1, -0.05) is 41.4 Å². The van der Waals surface area contributed by atoms with Gasteiger partial charge in [-0.15, -0.1) is 0 Å². The second-order valence-corrected chi connectivity index (χ2v) is 9.50. The van der Waals surface area contributed by atoms with Gasteiger partial charge in [-0.25, -0.2) is 14.8 Å². The molecule has 4 rings (SSSR count). The van der Waals surface area contributed by atoms with Gasteiger partial charge in [0.1, 0.15) is 22.2 Å². The number of H-pyrrole nitrogens is 1. The zero-order valence-electron chi connectivity index (χ0n) is 18.6. The fourth-order valence-electron chi connectivity index (χ4n) is 3.43. The van der Waals surface area contributed by atoms with Crippen molar-refractivity contribution in [1.82, 2.24) is 15.0 Å². The lowest BCUT2D eigenvalue weighted by Crippen LogP contribution is -2.37. The average molecular weight is 483 g/mol. The number of nitrogens with zero attached hydrogens (tertiary/aromatic N) is 3. The molecule has 0 atom stereocenters. The van der Waals surface area contributed by atoms with E-state index in [0.717, 1.165) is 27.7 Å². The van der Waals surface area contributed by atoms with Gasteiger partial charge >= 0.3 is 6.09 Å². The minimum absolute atomic E-state index is 0.267. The summed E-state index contributed by atoms with van der Waals surface area (Å²) in [4.78, 5) is 26.5. The average Bonchev–Trinajstić information content (AvgIpc) is 3.16. The van der Waals surface area contributed by atoms with Crippen molar-refractivity contribution in [2.24, 2.45) is 0 Å². The Morgan fingerprint density at radius 1 is 1.06 bits per heavy atom. The van der Waals surface area contributed by atoms with Crippen LogP contribution in [0.5, 0.6) is 0 Å². The van der Waals surface area contributed by atoms with Crippen LogP contribution in [0.3, 0.4) is 0 Å². The molecule has 170 valence electrons. The summed E-state index contributed by atoms with van der Waals surface area (Å²) < 4.78 is 5.62. The molecule has 1 amide bonds. The molecule has 4 aromatic rings. The molecule has 1 aromatic carbocycles. The van der Waals surface area contributed by atoms with E-state index in [9.17, 15) is 4.79 Å². The Morgan fingerprint density at radius 3 is 2.52 bits per heavy atom. The highest BCUT2D eigenvalue weighted by Gasteiger charge is 2.25. The Kier molecular flexibility index (Phi) is 6.58. The summed E-state index contributed by atoms with van der Waals surface area (Å²) in [5.41, 5.74) is 2.98. The number of amides is 1. The highest BCUT2D eigenvalue weighted by Crippen LogP contribution is 2.27. The van der Waals surface area contributed by atoms with Crippen LogP contribution < -0.4 is 4.90 Å². The molecular weight excluding hydrogens is 459 g/mol. The van der Waals surface area contributed by atoms with E-state index in [1.54, 1.807) is 24.4 Å². The predicted octanol–water partition coefficient (Wildman–Crippen LogP) is 6.80. The molecule has 0 aliphatic rings. The lowest BCUT2D eigenvalue weighted by molar-refractivity contribution is 0.0576. The lowest BCUT2D eigenvalue weighted by Gasteiger charge is -2.27. The minimum atomic E-state index is -0.650. The highest BCUT2D eigenvalue weighted by atomic mass is 35.5. The van der Waals surface area contributed by atoms with Crippen LogP contribution >= 0.6 is 23.2 Å². The molecule has 3 heterocycles. The van der Waals surface area contributed by atoms with E-state index in [0.29, 0.717) is 22.4 Å². The number of anilines is 1. The first-order valence-electron chi connectivity index (χ1n) is 10.5. The molecule has 33 heavy (non-hydrogen) atoms. The van der Waals surface area contributed by atoms with Crippen molar-refractivity contribution >= 4 is 46.1 Å². The number of aromatic amines is 1. The van der Waals surface area contributed by atoms with E-state index >= 15 is 0 Å². The number of hydrogen-bond acceptors (Lipinski definition) is 4. The van der Waals surface area contributed by atoms with E-state index in [4.69, 9.17) is 27.9 Å². The summed E-state index contributed by atoms with van der Waals surface area (Å²) in [6, 6.07) is 14.9. The third kappa shape index (κ3) is 5.64. The normalized spacial score (nSPS) is 11.5. The Morgan fingerprint density at radius 2 is 1.82 bits per heavy atom. The molecule has 0 unspecified atom stereocenters. The van der Waals surface area contributed by atoms with Crippen LogP contribution in [0.2, 0.25) is 10.2 Å². The lowest BCUT2D eigenvalue weighted by atomic mass is 10.1. The molecular formula is C25H24Cl2N4O2. The SMILES string of the molecule is CC(C)(C)OC(=O)N(Cc1ccc(Cl)cc1)c1ccc(Cc2c[nH]c3ncccc23)c(Cl)n1. The predicted molar refractivity (Wildman–Crippen MR) is 132 cm³/mol. The van der Waals surface area contributed by atoms with Gasteiger partial charge in [0, 0.05) is 29.2 Å². The zero-order chi connectivity index (χ0) is 23.6. The van der Waals surface area contributed by atoms with E-state index in [1.807, 2.05) is 57.3 Å². The van der Waals surface area contributed by atoms with E-state index in [2.05, 4.69) is 15.0 Å². The Bertz CT molecular complexity index is 1280. The van der Waals surface area contributed by atoms with Crippen molar-refractivity contribution in [2.45, 2.75) is 39.3 Å². The van der Waals surface area contributed by atoms with Gasteiger partial charge in [0.25, 0.3) is 0 Å². The standard InChI is InChI=1S/C25H24Cl2N4O2/c1-25(2,3)33-24(32)31(15-16-6-9-19(26)10-7-16)21-11-8-17(22(27)30-21)13-18-14-29-23-20(18)5-4-12-28-23/h4-12,14H,13,15H2,1-3H3,(H,28,29). The highest BCUT2D eigenvalue weighted by molar-refractivity contribution is 6.30. The van der Waals surface area contributed by atoms with Crippen molar-refractivity contribution in [3.63, 3.8) is 0 Å². The summed E-state index contributed by atoms with van der Waals surface area (Å²) >= 11 is 12.6. The Labute approximate surface area is 202 Å². The van der Waals surface area contributed by atoms with Crippen LogP contribution in [0.4, 0.5) is 10.6 Å². The number of nitrogens with one attached hydrogen (secondary N) is 1. The number of carbonyl (C=O) groups excluding carboxylic acids is 1. The molecule has 0 aliphatic heterocycles. The van der Waals surface area contributed by atoms with Gasteiger partial charge in [-0.3, -0.25) is 4.90 Å². The molecule has 3 aromatic heterocycles. The molecule has 0 saturated heterocycles. The molecule has 0 bridgehead atoms. The van der Waals surface area contributed by atoms with E-state index in [1.165, 1.54) is 4.90 Å². The summed E-state index contributed by atoms with van der Waals surface area (Å²) in [5, 5.41) is 1.99. The monoisotopic (exact) mass is 482 g/mol. The van der Waals surface area contributed by atoms with E-state index < -0.39 is 11.7 Å². The van der Waals surface area contributed by atoms with Gasteiger partial charge in [-0.2, -0.15) is 0 Å². The quantitative estimate of drug-likeness (QED) is 0.317. The minimum Gasteiger partial charge on any atom is -0.443 e. The van der Waals surface area contributed by atoms with Crippen molar-refractivity contribution in [3.8, 4) is 0 Å². The summed E-state index contributed by atoms with van der Waals surface area (Å²) in [6.07, 6.45) is 3.76. The molecule has 0 fully saturated rings. The molecule has 0 radical (unpaired) electrons. The van der Waals surface area contributed by atoms with Gasteiger partial charge in [0.2, 0.25) is 0 Å². The first-order valence-corrected chi connectivity index (χ1v) is 11.3. The van der Waals surface area contributed by atoms with Crippen molar-refractivity contribution in [1.29, 1.82) is 0 Å². The maximum Gasteiger partial charge on any atom is 0.416 e. The first-order chi connectivity index (χ1) is 15.7. The van der Waals surface area contributed by atoms with Gasteiger partial charge in [-0.05, 0) is 67.8 Å².